The molecular formula is C21H24O4. The Morgan fingerprint density at radius 2 is 2.04 bits per heavy atom. The zero-order valence-electron chi connectivity index (χ0n) is 15.3. The number of benzene rings is 1. The molecule has 3 aliphatic rings. The van der Waals surface area contributed by atoms with Crippen LogP contribution in [0, 0.1) is 5.92 Å². The van der Waals surface area contributed by atoms with Gasteiger partial charge in [-0.05, 0) is 35.5 Å². The van der Waals surface area contributed by atoms with Crippen LogP contribution in [-0.2, 0) is 14.9 Å². The van der Waals surface area contributed by atoms with Gasteiger partial charge in [0.05, 0.1) is 12.7 Å². The minimum Gasteiger partial charge on any atom is -0.496 e. The highest BCUT2D eigenvalue weighted by molar-refractivity contribution is 6.03. The first-order valence-electron chi connectivity index (χ1n) is 9.02. The van der Waals surface area contributed by atoms with Crippen LogP contribution >= 0.6 is 0 Å². The summed E-state index contributed by atoms with van der Waals surface area (Å²) in [6.45, 7) is 6.80. The van der Waals surface area contributed by atoms with Crippen LogP contribution in [0.3, 0.4) is 0 Å². The third-order valence-electron chi connectivity index (χ3n) is 6.37. The maximum Gasteiger partial charge on any atom is 0.334 e. The molecule has 0 unspecified atom stereocenters. The molecule has 4 rings (SSSR count). The number of carbonyl (C=O) groups excluding carboxylic acids is 2. The van der Waals surface area contributed by atoms with Crippen LogP contribution in [0.15, 0.2) is 23.3 Å². The normalized spacial score (nSPS) is 27.8. The molecule has 4 nitrogen and oxygen atoms in total. The standard InChI is InChI=1S/C21H24O4/c1-11(2)12-5-6-15-18(19(12)24-4)17(22)9-16-14-10-25-20(23)13(14)7-8-21(15,16)3/h5-6,11,16H,7-10H2,1-4H3/t16-,21+/m0/s1. The SMILES string of the molecule is COc1c(C(C)C)ccc2c1C(=O)C[C@H]1C3=C(CC[C@]21C)C(=O)OC3. The molecule has 2 atom stereocenters. The summed E-state index contributed by atoms with van der Waals surface area (Å²) in [7, 11) is 1.65. The lowest BCUT2D eigenvalue weighted by atomic mass is 9.56. The van der Waals surface area contributed by atoms with Gasteiger partial charge in [0.1, 0.15) is 12.4 Å². The molecule has 0 saturated carbocycles. The van der Waals surface area contributed by atoms with Crippen LogP contribution in [0.4, 0.5) is 0 Å². The van der Waals surface area contributed by atoms with E-state index in [1.165, 1.54) is 0 Å². The molecule has 0 fully saturated rings. The Morgan fingerprint density at radius 3 is 2.72 bits per heavy atom. The van der Waals surface area contributed by atoms with Crippen LogP contribution in [0.2, 0.25) is 0 Å². The fourth-order valence-electron chi connectivity index (χ4n) is 4.95. The topological polar surface area (TPSA) is 52.6 Å². The monoisotopic (exact) mass is 340 g/mol. The summed E-state index contributed by atoms with van der Waals surface area (Å²) < 4.78 is 11.0. The van der Waals surface area contributed by atoms with Gasteiger partial charge in [-0.1, -0.05) is 32.9 Å². The number of carbonyl (C=O) groups is 2. The number of hydrogen-bond acceptors (Lipinski definition) is 4. The number of Topliss-reactive ketones (excluding diaryl/α,β-unsaturated/α-hetero) is 1. The van der Waals surface area contributed by atoms with Crippen molar-refractivity contribution in [1.82, 2.24) is 0 Å². The largest absolute Gasteiger partial charge is 0.496 e. The lowest BCUT2D eigenvalue weighted by molar-refractivity contribution is -0.136. The Bertz CT molecular complexity index is 817. The first-order chi connectivity index (χ1) is 11.9. The number of methoxy groups -OCH3 is 1. The van der Waals surface area contributed by atoms with Crippen molar-refractivity contribution in [2.45, 2.75) is 51.4 Å². The van der Waals surface area contributed by atoms with Crippen LogP contribution in [0.1, 0.15) is 67.4 Å². The van der Waals surface area contributed by atoms with E-state index in [1.807, 2.05) is 0 Å². The third kappa shape index (κ3) is 2.12. The van der Waals surface area contributed by atoms with E-state index >= 15 is 0 Å². The second-order valence-corrected chi connectivity index (χ2v) is 7.94. The molecule has 1 aliphatic heterocycles. The number of ether oxygens (including phenoxy) is 2. The summed E-state index contributed by atoms with van der Waals surface area (Å²) in [5, 5.41) is 0. The molecule has 0 bridgehead atoms. The fourth-order valence-corrected chi connectivity index (χ4v) is 4.95. The molecule has 132 valence electrons. The Labute approximate surface area is 148 Å². The van der Waals surface area contributed by atoms with E-state index in [0.29, 0.717) is 18.9 Å². The molecule has 25 heavy (non-hydrogen) atoms. The first kappa shape index (κ1) is 16.4. The van der Waals surface area contributed by atoms with Crippen LogP contribution < -0.4 is 4.74 Å². The Morgan fingerprint density at radius 1 is 1.28 bits per heavy atom. The summed E-state index contributed by atoms with van der Waals surface area (Å²) in [5.74, 6) is 1.00. The maximum absolute atomic E-state index is 13.1. The average molecular weight is 340 g/mol. The zero-order chi connectivity index (χ0) is 17.9. The molecule has 0 aromatic heterocycles. The molecule has 0 saturated heterocycles. The molecule has 1 aromatic rings. The highest BCUT2D eigenvalue weighted by atomic mass is 16.5. The molecule has 0 spiro atoms. The summed E-state index contributed by atoms with van der Waals surface area (Å²) >= 11 is 0. The highest BCUT2D eigenvalue weighted by Crippen LogP contribution is 2.55. The minimum atomic E-state index is -0.192. The van der Waals surface area contributed by atoms with Gasteiger partial charge in [0.25, 0.3) is 0 Å². The summed E-state index contributed by atoms with van der Waals surface area (Å²) in [6.07, 6.45) is 2.01. The van der Waals surface area contributed by atoms with E-state index in [1.54, 1.807) is 7.11 Å². The van der Waals surface area contributed by atoms with Crippen molar-refractivity contribution in [2.75, 3.05) is 13.7 Å². The van der Waals surface area contributed by atoms with Crippen molar-refractivity contribution >= 4 is 11.8 Å². The molecule has 1 heterocycles. The maximum atomic E-state index is 13.1. The minimum absolute atomic E-state index is 0.0531. The van der Waals surface area contributed by atoms with Gasteiger partial charge in [-0.3, -0.25) is 4.79 Å². The van der Waals surface area contributed by atoms with Crippen LogP contribution in [0.5, 0.6) is 5.75 Å². The van der Waals surface area contributed by atoms with E-state index in [9.17, 15) is 9.59 Å². The number of cyclic esters (lactones) is 1. The summed E-state index contributed by atoms with van der Waals surface area (Å²) in [4.78, 5) is 25.0. The van der Waals surface area contributed by atoms with E-state index in [4.69, 9.17) is 9.47 Å². The van der Waals surface area contributed by atoms with Gasteiger partial charge in [-0.15, -0.1) is 0 Å². The lowest BCUT2D eigenvalue weighted by Gasteiger charge is -2.46. The van der Waals surface area contributed by atoms with Gasteiger partial charge in [0.2, 0.25) is 0 Å². The molecule has 2 aliphatic carbocycles. The van der Waals surface area contributed by atoms with E-state index in [0.717, 1.165) is 46.4 Å². The van der Waals surface area contributed by atoms with Gasteiger partial charge in [-0.25, -0.2) is 4.79 Å². The second kappa shape index (κ2) is 5.45. The van der Waals surface area contributed by atoms with Crippen molar-refractivity contribution in [3.05, 3.63) is 40.0 Å². The molecule has 1 aromatic carbocycles. The van der Waals surface area contributed by atoms with Crippen molar-refractivity contribution in [3.63, 3.8) is 0 Å². The quantitative estimate of drug-likeness (QED) is 0.766. The highest BCUT2D eigenvalue weighted by Gasteiger charge is 2.51. The van der Waals surface area contributed by atoms with Gasteiger partial charge in [0, 0.05) is 23.3 Å². The smallest absolute Gasteiger partial charge is 0.334 e. The number of ketones is 1. The Hall–Kier alpha value is -2.10. The lowest BCUT2D eigenvalue weighted by Crippen LogP contribution is -2.43. The van der Waals surface area contributed by atoms with Gasteiger partial charge >= 0.3 is 5.97 Å². The number of fused-ring (bicyclic) bond motifs is 4. The number of esters is 1. The zero-order valence-corrected chi connectivity index (χ0v) is 15.3. The van der Waals surface area contributed by atoms with E-state index in [-0.39, 0.29) is 23.1 Å². The predicted molar refractivity (Wildman–Crippen MR) is 94.1 cm³/mol. The predicted octanol–water partition coefficient (Wildman–Crippen LogP) is 3.93. The van der Waals surface area contributed by atoms with Crippen molar-refractivity contribution < 1.29 is 19.1 Å². The third-order valence-corrected chi connectivity index (χ3v) is 6.37. The van der Waals surface area contributed by atoms with Gasteiger partial charge < -0.3 is 9.47 Å². The van der Waals surface area contributed by atoms with Crippen molar-refractivity contribution in [1.29, 1.82) is 0 Å². The fraction of sp³-hybridized carbons (Fsp3) is 0.524. The Balaban J connectivity index is 1.91. The second-order valence-electron chi connectivity index (χ2n) is 7.94. The number of hydrogen-bond donors (Lipinski definition) is 0. The van der Waals surface area contributed by atoms with E-state index in [2.05, 4.69) is 32.9 Å². The summed E-state index contributed by atoms with van der Waals surface area (Å²) in [5.41, 5.74) is 4.60. The summed E-state index contributed by atoms with van der Waals surface area (Å²) in [6, 6.07) is 4.21. The molecular weight excluding hydrogens is 316 g/mol. The van der Waals surface area contributed by atoms with Gasteiger partial charge in [-0.2, -0.15) is 0 Å². The average Bonchev–Trinajstić information content (AvgIpc) is 2.96. The van der Waals surface area contributed by atoms with Crippen LogP contribution in [0.25, 0.3) is 0 Å². The van der Waals surface area contributed by atoms with Gasteiger partial charge in [0.15, 0.2) is 5.78 Å². The Kier molecular flexibility index (Phi) is 3.57. The van der Waals surface area contributed by atoms with Crippen molar-refractivity contribution in [2.24, 2.45) is 5.92 Å². The first-order valence-corrected chi connectivity index (χ1v) is 9.02. The molecule has 0 radical (unpaired) electrons. The van der Waals surface area contributed by atoms with E-state index < -0.39 is 0 Å². The van der Waals surface area contributed by atoms with Crippen molar-refractivity contribution in [3.8, 4) is 5.75 Å². The number of rotatable bonds is 2. The molecule has 4 heteroatoms. The molecule has 0 N–H and O–H groups in total. The van der Waals surface area contributed by atoms with Crippen LogP contribution in [-0.4, -0.2) is 25.5 Å². The molecule has 0 amide bonds.